The highest BCUT2D eigenvalue weighted by Crippen LogP contribution is 2.13. The topological polar surface area (TPSA) is 113 Å². The summed E-state index contributed by atoms with van der Waals surface area (Å²) in [6.45, 7) is -0.0586. The van der Waals surface area contributed by atoms with Crippen molar-refractivity contribution < 1.29 is 18.3 Å². The molecule has 1 aromatic carbocycles. The Hall–Kier alpha value is -2.66. The van der Waals surface area contributed by atoms with Gasteiger partial charge in [-0.2, -0.15) is 10.4 Å². The average Bonchev–Trinajstić information content (AvgIpc) is 2.94. The molecule has 21 heavy (non-hydrogen) atoms. The van der Waals surface area contributed by atoms with E-state index in [4.69, 9.17) is 10.4 Å². The van der Waals surface area contributed by atoms with Gasteiger partial charge in [0.2, 0.25) is 0 Å². The highest BCUT2D eigenvalue weighted by atomic mass is 32.2. The third-order valence-electron chi connectivity index (χ3n) is 2.85. The molecule has 2 aromatic rings. The number of rotatable bonds is 5. The van der Waals surface area contributed by atoms with E-state index in [2.05, 4.69) is 5.10 Å². The first kappa shape index (κ1) is 14.7. The molecule has 108 valence electrons. The molecule has 8 heteroatoms. The highest BCUT2D eigenvalue weighted by molar-refractivity contribution is 7.91. The maximum absolute atomic E-state index is 12.1. The summed E-state index contributed by atoms with van der Waals surface area (Å²) < 4.78 is 25.4. The van der Waals surface area contributed by atoms with Gasteiger partial charge in [0.05, 0.1) is 28.8 Å². The molecule has 0 radical (unpaired) electrons. The van der Waals surface area contributed by atoms with Crippen LogP contribution in [-0.2, 0) is 16.4 Å². The van der Waals surface area contributed by atoms with Gasteiger partial charge in [-0.1, -0.05) is 0 Å². The predicted molar refractivity (Wildman–Crippen MR) is 72.4 cm³/mol. The zero-order valence-electron chi connectivity index (χ0n) is 10.8. The van der Waals surface area contributed by atoms with Crippen LogP contribution in [0.5, 0.6) is 0 Å². The maximum atomic E-state index is 12.1. The summed E-state index contributed by atoms with van der Waals surface area (Å²) in [5, 5.41) is 21.4. The molecule has 0 unspecified atom stereocenters. The van der Waals surface area contributed by atoms with Crippen LogP contribution in [0.25, 0.3) is 0 Å². The Morgan fingerprint density at radius 2 is 1.95 bits per heavy atom. The first-order chi connectivity index (χ1) is 9.94. The smallest absolute Gasteiger partial charge is 0.354 e. The number of benzene rings is 1. The molecule has 2 rings (SSSR count). The molecular formula is C13H11N3O4S. The molecule has 7 nitrogen and oxygen atoms in total. The lowest BCUT2D eigenvalue weighted by Gasteiger charge is -2.06. The fourth-order valence-electron chi connectivity index (χ4n) is 1.75. The van der Waals surface area contributed by atoms with Crippen molar-refractivity contribution in [2.24, 2.45) is 0 Å². The van der Waals surface area contributed by atoms with Gasteiger partial charge in [0.25, 0.3) is 0 Å². The second-order valence-electron chi connectivity index (χ2n) is 4.20. The van der Waals surface area contributed by atoms with Gasteiger partial charge >= 0.3 is 5.97 Å². The van der Waals surface area contributed by atoms with Crippen LogP contribution in [0.1, 0.15) is 16.1 Å². The minimum absolute atomic E-state index is 0.0586. The van der Waals surface area contributed by atoms with Crippen molar-refractivity contribution in [2.75, 3.05) is 5.75 Å². The van der Waals surface area contributed by atoms with Crippen LogP contribution in [0, 0.1) is 11.3 Å². The minimum Gasteiger partial charge on any atom is -0.477 e. The van der Waals surface area contributed by atoms with Crippen molar-refractivity contribution in [3.63, 3.8) is 0 Å². The van der Waals surface area contributed by atoms with Crippen LogP contribution < -0.4 is 0 Å². The normalized spacial score (nSPS) is 11.0. The number of hydrogen-bond donors (Lipinski definition) is 1. The largest absolute Gasteiger partial charge is 0.477 e. The van der Waals surface area contributed by atoms with Crippen LogP contribution in [0.2, 0.25) is 0 Å². The number of nitriles is 1. The molecule has 0 fully saturated rings. The van der Waals surface area contributed by atoms with Gasteiger partial charge in [0.1, 0.15) is 5.69 Å². The Labute approximate surface area is 121 Å². The van der Waals surface area contributed by atoms with Gasteiger partial charge in [-0.25, -0.2) is 13.2 Å². The van der Waals surface area contributed by atoms with Gasteiger partial charge in [0, 0.05) is 6.20 Å². The zero-order valence-corrected chi connectivity index (χ0v) is 11.6. The number of nitrogens with zero attached hydrogens (tertiary/aromatic N) is 3. The summed E-state index contributed by atoms with van der Waals surface area (Å²) in [5.74, 6) is -1.44. The summed E-state index contributed by atoms with van der Waals surface area (Å²) in [6.07, 6.45) is 1.30. The van der Waals surface area contributed by atoms with Gasteiger partial charge < -0.3 is 5.11 Å². The number of sulfone groups is 1. The first-order valence-corrected chi connectivity index (χ1v) is 7.57. The molecule has 0 atom stereocenters. The van der Waals surface area contributed by atoms with Crippen molar-refractivity contribution in [1.29, 1.82) is 5.26 Å². The Balaban J connectivity index is 2.16. The lowest BCUT2D eigenvalue weighted by molar-refractivity contribution is 0.0683. The Morgan fingerprint density at radius 3 is 2.52 bits per heavy atom. The second-order valence-corrected chi connectivity index (χ2v) is 6.31. The number of aromatic nitrogens is 2. The quantitative estimate of drug-likeness (QED) is 0.879. The van der Waals surface area contributed by atoms with Crippen molar-refractivity contribution in [3.05, 3.63) is 47.8 Å². The molecule has 0 aliphatic rings. The number of carbonyl (C=O) groups is 1. The van der Waals surface area contributed by atoms with E-state index in [-0.39, 0.29) is 22.9 Å². The molecule has 0 amide bonds. The molecule has 0 spiro atoms. The summed E-state index contributed by atoms with van der Waals surface area (Å²) in [7, 11) is -3.57. The van der Waals surface area contributed by atoms with E-state index in [0.29, 0.717) is 5.56 Å². The molecule has 0 saturated carbocycles. The van der Waals surface area contributed by atoms with E-state index in [9.17, 15) is 13.2 Å². The van der Waals surface area contributed by atoms with Crippen molar-refractivity contribution in [3.8, 4) is 6.07 Å². The minimum atomic E-state index is -3.57. The highest BCUT2D eigenvalue weighted by Gasteiger charge is 2.17. The Kier molecular flexibility index (Phi) is 4.05. The molecule has 0 aliphatic carbocycles. The second kappa shape index (κ2) is 5.76. The SMILES string of the molecule is N#Cc1ccc(S(=O)(=O)CCn2nccc2C(=O)O)cc1. The van der Waals surface area contributed by atoms with Gasteiger partial charge in [-0.05, 0) is 30.3 Å². The monoisotopic (exact) mass is 305 g/mol. The third kappa shape index (κ3) is 3.27. The lowest BCUT2D eigenvalue weighted by Crippen LogP contribution is -2.17. The molecule has 0 aliphatic heterocycles. The Morgan fingerprint density at radius 1 is 1.29 bits per heavy atom. The van der Waals surface area contributed by atoms with E-state index in [1.165, 1.54) is 36.5 Å². The molecule has 1 aromatic heterocycles. The number of aryl methyl sites for hydroxylation is 1. The van der Waals surface area contributed by atoms with E-state index in [1.807, 2.05) is 6.07 Å². The van der Waals surface area contributed by atoms with Crippen molar-refractivity contribution in [1.82, 2.24) is 9.78 Å². The van der Waals surface area contributed by atoms with E-state index < -0.39 is 15.8 Å². The summed E-state index contributed by atoms with van der Waals surface area (Å²) in [6, 6.07) is 8.76. The lowest BCUT2D eigenvalue weighted by atomic mass is 10.2. The van der Waals surface area contributed by atoms with Crippen LogP contribution in [0.4, 0.5) is 0 Å². The van der Waals surface area contributed by atoms with E-state index in [1.54, 1.807) is 0 Å². The predicted octanol–water partition coefficient (Wildman–Crippen LogP) is 0.927. The van der Waals surface area contributed by atoms with Crippen LogP contribution >= 0.6 is 0 Å². The summed E-state index contributed by atoms with van der Waals surface area (Å²) in [4.78, 5) is 11.0. The van der Waals surface area contributed by atoms with Crippen LogP contribution in [0.3, 0.4) is 0 Å². The standard InChI is InChI=1S/C13H11N3O4S/c14-9-10-1-3-11(4-2-10)21(19,20)8-7-16-12(13(17)18)5-6-15-16/h1-6H,7-8H2,(H,17,18). The fourth-order valence-corrected chi connectivity index (χ4v) is 2.95. The van der Waals surface area contributed by atoms with Gasteiger partial charge in [0.15, 0.2) is 9.84 Å². The summed E-state index contributed by atoms with van der Waals surface area (Å²) >= 11 is 0. The molecule has 1 N–H and O–H groups in total. The van der Waals surface area contributed by atoms with Crippen LogP contribution in [0.15, 0.2) is 41.4 Å². The number of aromatic carboxylic acids is 1. The van der Waals surface area contributed by atoms with E-state index >= 15 is 0 Å². The molecular weight excluding hydrogens is 294 g/mol. The van der Waals surface area contributed by atoms with E-state index in [0.717, 1.165) is 4.68 Å². The van der Waals surface area contributed by atoms with Crippen molar-refractivity contribution in [2.45, 2.75) is 11.4 Å². The van der Waals surface area contributed by atoms with Crippen LogP contribution in [-0.4, -0.2) is 35.0 Å². The first-order valence-electron chi connectivity index (χ1n) is 5.92. The number of hydrogen-bond acceptors (Lipinski definition) is 5. The van der Waals surface area contributed by atoms with Gasteiger partial charge in [-0.15, -0.1) is 0 Å². The average molecular weight is 305 g/mol. The Bertz CT molecular complexity index is 801. The third-order valence-corrected chi connectivity index (χ3v) is 4.56. The fraction of sp³-hybridized carbons (Fsp3) is 0.154. The zero-order chi connectivity index (χ0) is 15.5. The molecule has 1 heterocycles. The number of carboxylic acids is 1. The molecule has 0 bridgehead atoms. The maximum Gasteiger partial charge on any atom is 0.354 e. The van der Waals surface area contributed by atoms with Crippen molar-refractivity contribution >= 4 is 15.8 Å². The summed E-state index contributed by atoms with van der Waals surface area (Å²) in [5.41, 5.74) is 0.305. The van der Waals surface area contributed by atoms with Gasteiger partial charge in [-0.3, -0.25) is 4.68 Å². The molecule has 0 saturated heterocycles. The number of carboxylic acid groups (broad SMARTS) is 1.